The van der Waals surface area contributed by atoms with Gasteiger partial charge in [0.1, 0.15) is 11.0 Å². The molecule has 1 fully saturated rings. The van der Waals surface area contributed by atoms with E-state index in [9.17, 15) is 4.79 Å². The molecule has 21 heavy (non-hydrogen) atoms. The lowest BCUT2D eigenvalue weighted by Crippen LogP contribution is -2.44. The van der Waals surface area contributed by atoms with Crippen molar-refractivity contribution in [2.75, 3.05) is 13.1 Å². The lowest BCUT2D eigenvalue weighted by Gasteiger charge is -2.32. The van der Waals surface area contributed by atoms with Crippen molar-refractivity contribution in [3.05, 3.63) is 28.9 Å². The van der Waals surface area contributed by atoms with Gasteiger partial charge in [0.2, 0.25) is 5.88 Å². The van der Waals surface area contributed by atoms with Gasteiger partial charge < -0.3 is 9.64 Å². The second kappa shape index (κ2) is 6.13. The molecule has 8 heteroatoms. The van der Waals surface area contributed by atoms with E-state index in [-0.39, 0.29) is 12.0 Å². The van der Waals surface area contributed by atoms with Crippen LogP contribution in [-0.4, -0.2) is 49.8 Å². The van der Waals surface area contributed by atoms with Crippen molar-refractivity contribution >= 4 is 17.4 Å². The second-order valence-corrected chi connectivity index (χ2v) is 5.64. The zero-order chi connectivity index (χ0) is 14.7. The summed E-state index contributed by atoms with van der Waals surface area (Å²) in [6, 6.07) is 3.55. The van der Waals surface area contributed by atoms with Crippen LogP contribution in [0.2, 0.25) is 0 Å². The summed E-state index contributed by atoms with van der Waals surface area (Å²) in [7, 11) is 0. The zero-order valence-electron chi connectivity index (χ0n) is 11.6. The number of aromatic nitrogens is 4. The minimum absolute atomic E-state index is 0.0186. The van der Waals surface area contributed by atoms with Crippen LogP contribution in [0.4, 0.5) is 0 Å². The molecule has 1 atom stereocenters. The molecule has 2 aromatic rings. The average Bonchev–Trinajstić information content (AvgIpc) is 2.94. The first kappa shape index (κ1) is 13.9. The van der Waals surface area contributed by atoms with Crippen LogP contribution >= 0.6 is 11.5 Å². The summed E-state index contributed by atoms with van der Waals surface area (Å²) in [6.45, 7) is 3.08. The normalized spacial score (nSPS) is 18.5. The van der Waals surface area contributed by atoms with E-state index in [1.165, 1.54) is 0 Å². The summed E-state index contributed by atoms with van der Waals surface area (Å²) >= 11 is 1.14. The van der Waals surface area contributed by atoms with Gasteiger partial charge in [-0.05, 0) is 37.4 Å². The number of carbonyl (C=O) groups excluding carboxylic acids is 1. The zero-order valence-corrected chi connectivity index (χ0v) is 12.4. The summed E-state index contributed by atoms with van der Waals surface area (Å²) in [4.78, 5) is 14.9. The van der Waals surface area contributed by atoms with E-state index in [2.05, 4.69) is 19.8 Å². The van der Waals surface area contributed by atoms with E-state index in [0.29, 0.717) is 23.0 Å². The number of amides is 1. The lowest BCUT2D eigenvalue weighted by molar-refractivity contribution is 0.0529. The van der Waals surface area contributed by atoms with Gasteiger partial charge in [0.05, 0.1) is 12.2 Å². The number of rotatable bonds is 3. The van der Waals surface area contributed by atoms with Gasteiger partial charge in [-0.2, -0.15) is 5.10 Å². The summed E-state index contributed by atoms with van der Waals surface area (Å²) in [5.74, 6) is 0.474. The Morgan fingerprint density at radius 3 is 3.10 bits per heavy atom. The van der Waals surface area contributed by atoms with E-state index in [1.54, 1.807) is 30.2 Å². The van der Waals surface area contributed by atoms with Crippen molar-refractivity contribution in [2.24, 2.45) is 0 Å². The Bertz CT molecular complexity index is 618. The smallest absolute Gasteiger partial charge is 0.267 e. The van der Waals surface area contributed by atoms with Crippen molar-refractivity contribution in [3.8, 4) is 5.88 Å². The van der Waals surface area contributed by atoms with Gasteiger partial charge >= 0.3 is 0 Å². The molecule has 3 rings (SSSR count). The van der Waals surface area contributed by atoms with Crippen LogP contribution in [0.25, 0.3) is 0 Å². The second-order valence-electron chi connectivity index (χ2n) is 4.88. The highest BCUT2D eigenvalue weighted by molar-refractivity contribution is 7.07. The number of piperidine rings is 1. The number of nitrogens with zero attached hydrogens (tertiary/aromatic N) is 5. The third-order valence-electron chi connectivity index (χ3n) is 3.35. The number of hydrogen-bond acceptors (Lipinski definition) is 7. The number of hydrogen-bond donors (Lipinski definition) is 0. The highest BCUT2D eigenvalue weighted by Gasteiger charge is 2.28. The molecule has 7 nitrogen and oxygen atoms in total. The fourth-order valence-corrected chi connectivity index (χ4v) is 2.94. The Morgan fingerprint density at radius 2 is 2.38 bits per heavy atom. The van der Waals surface area contributed by atoms with Gasteiger partial charge in [0.15, 0.2) is 0 Å². The maximum absolute atomic E-state index is 12.5. The average molecular weight is 305 g/mol. The summed E-state index contributed by atoms with van der Waals surface area (Å²) < 4.78 is 9.61. The third kappa shape index (κ3) is 3.15. The summed E-state index contributed by atoms with van der Waals surface area (Å²) in [5, 5.41) is 11.6. The van der Waals surface area contributed by atoms with Crippen LogP contribution in [-0.2, 0) is 0 Å². The van der Waals surface area contributed by atoms with E-state index in [1.807, 2.05) is 0 Å². The molecule has 1 aliphatic heterocycles. The molecule has 1 aliphatic rings. The van der Waals surface area contributed by atoms with E-state index >= 15 is 0 Å². The molecule has 0 saturated carbocycles. The molecule has 0 aliphatic carbocycles. The fourth-order valence-electron chi connectivity index (χ4n) is 2.31. The van der Waals surface area contributed by atoms with Gasteiger partial charge in [0.25, 0.3) is 5.91 Å². The topological polar surface area (TPSA) is 81.1 Å². The van der Waals surface area contributed by atoms with E-state index in [4.69, 9.17) is 4.74 Å². The first-order valence-corrected chi connectivity index (χ1v) is 7.54. The summed E-state index contributed by atoms with van der Waals surface area (Å²) in [5.41, 5.74) is 0.682. The van der Waals surface area contributed by atoms with E-state index < -0.39 is 0 Å². The lowest BCUT2D eigenvalue weighted by atomic mass is 10.1. The number of aryl methyl sites for hydroxylation is 1. The molecule has 110 valence electrons. The highest BCUT2D eigenvalue weighted by atomic mass is 32.1. The van der Waals surface area contributed by atoms with Crippen LogP contribution in [0.3, 0.4) is 0 Å². The molecule has 0 aromatic carbocycles. The molecule has 1 amide bonds. The van der Waals surface area contributed by atoms with Gasteiger partial charge in [-0.15, -0.1) is 10.2 Å². The first-order chi connectivity index (χ1) is 10.2. The molecule has 0 N–H and O–H groups in total. The number of carbonyl (C=O) groups is 1. The van der Waals surface area contributed by atoms with Gasteiger partial charge in [-0.1, -0.05) is 4.49 Å². The standard InChI is InChI=1S/C13H15N5O2S/c1-9-12(21-17-15-9)13(19)18-7-3-4-10(8-18)20-11-5-2-6-14-16-11/h2,5-6,10H,3-4,7-8H2,1H3/t10-/m1/s1. The molecular weight excluding hydrogens is 290 g/mol. The molecular formula is C13H15N5O2S. The van der Waals surface area contributed by atoms with Crippen molar-refractivity contribution in [3.63, 3.8) is 0 Å². The molecule has 0 unspecified atom stereocenters. The third-order valence-corrected chi connectivity index (χ3v) is 4.16. The molecule has 3 heterocycles. The fraction of sp³-hybridized carbons (Fsp3) is 0.462. The largest absolute Gasteiger partial charge is 0.471 e. The minimum atomic E-state index is -0.0550. The molecule has 0 bridgehead atoms. The maximum atomic E-state index is 12.5. The Hall–Kier alpha value is -2.09. The van der Waals surface area contributed by atoms with Crippen LogP contribution in [0.1, 0.15) is 28.2 Å². The molecule has 1 saturated heterocycles. The minimum Gasteiger partial charge on any atom is -0.471 e. The SMILES string of the molecule is Cc1nnsc1C(=O)N1CCC[C@@H](Oc2cccnn2)C1. The van der Waals surface area contributed by atoms with E-state index in [0.717, 1.165) is 30.9 Å². The Balaban J connectivity index is 1.66. The quantitative estimate of drug-likeness (QED) is 0.850. The monoisotopic (exact) mass is 305 g/mol. The molecule has 0 radical (unpaired) electrons. The van der Waals surface area contributed by atoms with Crippen LogP contribution < -0.4 is 4.74 Å². The Morgan fingerprint density at radius 1 is 1.48 bits per heavy atom. The predicted molar refractivity (Wildman–Crippen MR) is 76.2 cm³/mol. The van der Waals surface area contributed by atoms with Crippen molar-refractivity contribution in [1.82, 2.24) is 24.7 Å². The Kier molecular flexibility index (Phi) is 4.05. The van der Waals surface area contributed by atoms with Crippen LogP contribution in [0, 0.1) is 6.92 Å². The van der Waals surface area contributed by atoms with Crippen LogP contribution in [0.5, 0.6) is 5.88 Å². The highest BCUT2D eigenvalue weighted by Crippen LogP contribution is 2.20. The van der Waals surface area contributed by atoms with Gasteiger partial charge in [-0.25, -0.2) is 0 Å². The first-order valence-electron chi connectivity index (χ1n) is 6.76. The van der Waals surface area contributed by atoms with Crippen molar-refractivity contribution in [1.29, 1.82) is 0 Å². The van der Waals surface area contributed by atoms with Crippen molar-refractivity contribution in [2.45, 2.75) is 25.9 Å². The van der Waals surface area contributed by atoms with Gasteiger partial charge in [-0.3, -0.25) is 4.79 Å². The Labute approximate surface area is 126 Å². The van der Waals surface area contributed by atoms with Crippen LogP contribution in [0.15, 0.2) is 18.3 Å². The molecule has 2 aromatic heterocycles. The number of ether oxygens (including phenoxy) is 1. The molecule has 0 spiro atoms. The summed E-state index contributed by atoms with van der Waals surface area (Å²) in [6.07, 6.45) is 3.35. The van der Waals surface area contributed by atoms with Crippen molar-refractivity contribution < 1.29 is 9.53 Å². The van der Waals surface area contributed by atoms with Gasteiger partial charge in [0, 0.05) is 18.8 Å². The maximum Gasteiger partial charge on any atom is 0.267 e. The number of likely N-dealkylation sites (tertiary alicyclic amines) is 1. The predicted octanol–water partition coefficient (Wildman–Crippen LogP) is 1.32.